The minimum atomic E-state index is -0.176. The number of Topliss-reactive ketones (excluding diaryl/α,β-unsaturated/α-hetero) is 1. The van der Waals surface area contributed by atoms with Crippen LogP contribution in [0.15, 0.2) is 11.8 Å². The minimum Gasteiger partial charge on any atom is -0.488 e. The summed E-state index contributed by atoms with van der Waals surface area (Å²) < 4.78 is 5.26. The molecule has 1 rings (SSSR count). The first-order chi connectivity index (χ1) is 4.70. The summed E-state index contributed by atoms with van der Waals surface area (Å²) in [5.41, 5.74) is 0. The van der Waals surface area contributed by atoms with Crippen molar-refractivity contribution in [3.05, 3.63) is 11.8 Å². The van der Waals surface area contributed by atoms with Gasteiger partial charge in [0.15, 0.2) is 11.9 Å². The lowest BCUT2D eigenvalue weighted by atomic mass is 10.1. The van der Waals surface area contributed by atoms with Crippen LogP contribution in [0.2, 0.25) is 0 Å². The fraction of sp³-hybridized carbons (Fsp3) is 0.625. The number of hydrogen-bond donors (Lipinski definition) is 0. The van der Waals surface area contributed by atoms with Crippen molar-refractivity contribution in [3.8, 4) is 0 Å². The van der Waals surface area contributed by atoms with Crippen molar-refractivity contribution in [2.45, 2.75) is 32.8 Å². The summed E-state index contributed by atoms with van der Waals surface area (Å²) in [7, 11) is 0. The summed E-state index contributed by atoms with van der Waals surface area (Å²) >= 11 is 0. The van der Waals surface area contributed by atoms with Crippen LogP contribution in [0.3, 0.4) is 0 Å². The average Bonchev–Trinajstić information content (AvgIpc) is 1.88. The topological polar surface area (TPSA) is 26.3 Å². The first-order valence-corrected chi connectivity index (χ1v) is 3.54. The largest absolute Gasteiger partial charge is 0.488 e. The molecule has 0 spiro atoms. The van der Waals surface area contributed by atoms with Gasteiger partial charge in [0.25, 0.3) is 0 Å². The predicted molar refractivity (Wildman–Crippen MR) is 38.5 cm³/mol. The molecular weight excluding hydrogens is 128 g/mol. The maximum atomic E-state index is 10.8. The zero-order valence-corrected chi connectivity index (χ0v) is 6.39. The van der Waals surface area contributed by atoms with Crippen molar-refractivity contribution >= 4 is 5.78 Å². The monoisotopic (exact) mass is 140 g/mol. The summed E-state index contributed by atoms with van der Waals surface area (Å²) in [5.74, 6) is 1.01. The second-order valence-electron chi connectivity index (χ2n) is 2.61. The maximum absolute atomic E-state index is 10.8. The molecule has 0 saturated heterocycles. The van der Waals surface area contributed by atoms with Crippen LogP contribution >= 0.6 is 0 Å². The van der Waals surface area contributed by atoms with Crippen LogP contribution in [0.4, 0.5) is 0 Å². The third-order valence-corrected chi connectivity index (χ3v) is 1.64. The Hall–Kier alpha value is -0.790. The molecule has 2 nitrogen and oxygen atoms in total. The Morgan fingerprint density at radius 3 is 2.90 bits per heavy atom. The molecule has 1 aliphatic heterocycles. The molecule has 1 atom stereocenters. The lowest BCUT2D eigenvalue weighted by Crippen LogP contribution is -2.23. The number of allylic oxidation sites excluding steroid dienone is 2. The van der Waals surface area contributed by atoms with Crippen LogP contribution in [0, 0.1) is 0 Å². The van der Waals surface area contributed by atoms with E-state index in [1.54, 1.807) is 6.92 Å². The van der Waals surface area contributed by atoms with Gasteiger partial charge in [0, 0.05) is 0 Å². The Morgan fingerprint density at radius 1 is 1.80 bits per heavy atom. The predicted octanol–water partition coefficient (Wildman–Crippen LogP) is 1.66. The van der Waals surface area contributed by atoms with E-state index in [0.717, 1.165) is 18.6 Å². The normalized spacial score (nSPS) is 25.0. The van der Waals surface area contributed by atoms with E-state index in [1.807, 2.05) is 13.0 Å². The van der Waals surface area contributed by atoms with Crippen LogP contribution in [0.5, 0.6) is 0 Å². The Balaban J connectivity index is 2.53. The van der Waals surface area contributed by atoms with Crippen LogP contribution in [-0.2, 0) is 9.53 Å². The molecular formula is C8H12O2. The van der Waals surface area contributed by atoms with Gasteiger partial charge in [-0.2, -0.15) is 0 Å². The van der Waals surface area contributed by atoms with Gasteiger partial charge in [-0.25, -0.2) is 0 Å². The van der Waals surface area contributed by atoms with Gasteiger partial charge in [0.1, 0.15) is 0 Å². The lowest BCUT2D eigenvalue weighted by Gasteiger charge is -2.20. The molecule has 1 unspecified atom stereocenters. The zero-order valence-electron chi connectivity index (χ0n) is 6.39. The molecule has 0 fully saturated rings. The number of carbonyl (C=O) groups is 1. The molecule has 0 radical (unpaired) electrons. The molecule has 1 aliphatic rings. The number of ketones is 1. The summed E-state index contributed by atoms with van der Waals surface area (Å²) in [6.45, 7) is 3.46. The van der Waals surface area contributed by atoms with E-state index in [0.29, 0.717) is 0 Å². The van der Waals surface area contributed by atoms with E-state index in [2.05, 4.69) is 0 Å². The van der Waals surface area contributed by atoms with Gasteiger partial charge in [-0.05, 0) is 32.8 Å². The van der Waals surface area contributed by atoms with Crippen molar-refractivity contribution < 1.29 is 9.53 Å². The fourth-order valence-electron chi connectivity index (χ4n) is 1.06. The number of hydrogen-bond acceptors (Lipinski definition) is 2. The van der Waals surface area contributed by atoms with E-state index < -0.39 is 0 Å². The molecule has 0 N–H and O–H groups in total. The van der Waals surface area contributed by atoms with Crippen molar-refractivity contribution in [1.29, 1.82) is 0 Å². The van der Waals surface area contributed by atoms with Gasteiger partial charge in [-0.1, -0.05) is 0 Å². The molecule has 56 valence electrons. The lowest BCUT2D eigenvalue weighted by molar-refractivity contribution is -0.126. The molecule has 0 aliphatic carbocycles. The fourth-order valence-corrected chi connectivity index (χ4v) is 1.06. The van der Waals surface area contributed by atoms with Crippen LogP contribution in [-0.4, -0.2) is 11.9 Å². The SMILES string of the molecule is CC(=O)C1CCC=C(C)O1. The highest BCUT2D eigenvalue weighted by Crippen LogP contribution is 2.16. The quantitative estimate of drug-likeness (QED) is 0.553. The number of ether oxygens (including phenoxy) is 1. The highest BCUT2D eigenvalue weighted by Gasteiger charge is 2.17. The maximum Gasteiger partial charge on any atom is 0.170 e. The zero-order chi connectivity index (χ0) is 7.56. The number of rotatable bonds is 1. The molecule has 2 heteroatoms. The average molecular weight is 140 g/mol. The van der Waals surface area contributed by atoms with Gasteiger partial charge < -0.3 is 4.74 Å². The van der Waals surface area contributed by atoms with Crippen molar-refractivity contribution in [2.75, 3.05) is 0 Å². The third-order valence-electron chi connectivity index (χ3n) is 1.64. The van der Waals surface area contributed by atoms with Crippen LogP contribution in [0.25, 0.3) is 0 Å². The van der Waals surface area contributed by atoms with E-state index in [4.69, 9.17) is 4.74 Å². The Morgan fingerprint density at radius 2 is 2.50 bits per heavy atom. The Bertz CT molecular complexity index is 170. The van der Waals surface area contributed by atoms with E-state index in [9.17, 15) is 4.79 Å². The minimum absolute atomic E-state index is 0.132. The molecule has 10 heavy (non-hydrogen) atoms. The molecule has 1 heterocycles. The Labute approximate surface area is 60.9 Å². The van der Waals surface area contributed by atoms with Crippen molar-refractivity contribution in [1.82, 2.24) is 0 Å². The summed E-state index contributed by atoms with van der Waals surface area (Å²) in [5, 5.41) is 0. The van der Waals surface area contributed by atoms with E-state index >= 15 is 0 Å². The highest BCUT2D eigenvalue weighted by atomic mass is 16.5. The van der Waals surface area contributed by atoms with Crippen LogP contribution in [0.1, 0.15) is 26.7 Å². The second-order valence-corrected chi connectivity index (χ2v) is 2.61. The molecule has 0 amide bonds. The summed E-state index contributed by atoms with van der Waals surface area (Å²) in [6, 6.07) is 0. The van der Waals surface area contributed by atoms with Gasteiger partial charge in [-0.3, -0.25) is 4.79 Å². The highest BCUT2D eigenvalue weighted by molar-refractivity contribution is 5.80. The van der Waals surface area contributed by atoms with Crippen molar-refractivity contribution in [2.24, 2.45) is 0 Å². The van der Waals surface area contributed by atoms with E-state index in [-0.39, 0.29) is 11.9 Å². The number of carbonyl (C=O) groups excluding carboxylic acids is 1. The van der Waals surface area contributed by atoms with Gasteiger partial charge >= 0.3 is 0 Å². The standard InChI is InChI=1S/C8H12O2/c1-6-4-3-5-8(10-6)7(2)9/h4,8H,3,5H2,1-2H3. The molecule has 0 bridgehead atoms. The summed E-state index contributed by atoms with van der Waals surface area (Å²) in [4.78, 5) is 10.8. The summed E-state index contributed by atoms with van der Waals surface area (Å²) in [6.07, 6.45) is 3.65. The third kappa shape index (κ3) is 1.59. The first-order valence-electron chi connectivity index (χ1n) is 3.54. The molecule has 0 aromatic rings. The van der Waals surface area contributed by atoms with Gasteiger partial charge in [-0.15, -0.1) is 0 Å². The van der Waals surface area contributed by atoms with Gasteiger partial charge in [0.2, 0.25) is 0 Å². The Kier molecular flexibility index (Phi) is 2.10. The second kappa shape index (κ2) is 2.86. The molecule has 0 aromatic carbocycles. The van der Waals surface area contributed by atoms with Crippen LogP contribution < -0.4 is 0 Å². The van der Waals surface area contributed by atoms with E-state index in [1.165, 1.54) is 0 Å². The van der Waals surface area contributed by atoms with Gasteiger partial charge in [0.05, 0.1) is 5.76 Å². The smallest absolute Gasteiger partial charge is 0.170 e. The molecule has 0 saturated carbocycles. The first kappa shape index (κ1) is 7.32. The van der Waals surface area contributed by atoms with Crippen molar-refractivity contribution in [3.63, 3.8) is 0 Å². The molecule has 0 aromatic heterocycles.